The average Bonchev–Trinajstić information content (AvgIpc) is 2.49. The Morgan fingerprint density at radius 1 is 1.27 bits per heavy atom. The van der Waals surface area contributed by atoms with E-state index in [2.05, 4.69) is 20.7 Å². The number of esters is 1. The Morgan fingerprint density at radius 2 is 1.91 bits per heavy atom. The first kappa shape index (κ1) is 16.3. The van der Waals surface area contributed by atoms with Crippen LogP contribution in [0.4, 0.5) is 10.1 Å². The fourth-order valence-electron chi connectivity index (χ4n) is 1.94. The van der Waals surface area contributed by atoms with Crippen molar-refractivity contribution >= 4 is 27.6 Å². The third kappa shape index (κ3) is 3.57. The third-order valence-corrected chi connectivity index (χ3v) is 3.77. The molecule has 0 saturated carbocycles. The first-order valence-corrected chi connectivity index (χ1v) is 7.31. The third-order valence-electron chi connectivity index (χ3n) is 3.15. The van der Waals surface area contributed by atoms with E-state index in [1.54, 1.807) is 18.2 Å². The first-order chi connectivity index (χ1) is 10.4. The summed E-state index contributed by atoms with van der Waals surface area (Å²) in [6.45, 7) is 1.83. The molecule has 0 bridgehead atoms. The second kappa shape index (κ2) is 6.79. The Balaban J connectivity index is 2.28. The van der Waals surface area contributed by atoms with Gasteiger partial charge in [-0.25, -0.2) is 9.18 Å². The molecule has 0 aliphatic heterocycles. The van der Waals surface area contributed by atoms with Crippen molar-refractivity contribution < 1.29 is 18.7 Å². The van der Waals surface area contributed by atoms with E-state index in [0.29, 0.717) is 15.9 Å². The molecule has 0 unspecified atom stereocenters. The van der Waals surface area contributed by atoms with E-state index in [4.69, 9.17) is 10.5 Å². The Morgan fingerprint density at radius 3 is 2.50 bits per heavy atom. The van der Waals surface area contributed by atoms with Crippen LogP contribution < -0.4 is 10.5 Å². The second-order valence-corrected chi connectivity index (χ2v) is 5.53. The molecule has 2 rings (SSSR count). The van der Waals surface area contributed by atoms with Crippen LogP contribution in [0.15, 0.2) is 40.9 Å². The molecule has 0 radical (unpaired) electrons. The molecule has 0 aliphatic carbocycles. The van der Waals surface area contributed by atoms with Crippen LogP contribution in [-0.4, -0.2) is 13.1 Å². The zero-order chi connectivity index (χ0) is 16.3. The van der Waals surface area contributed by atoms with Gasteiger partial charge in [-0.15, -0.1) is 0 Å². The molecule has 2 N–H and O–H groups in total. The summed E-state index contributed by atoms with van der Waals surface area (Å²) in [5, 5.41) is 0. The topological polar surface area (TPSA) is 61.5 Å². The molecule has 0 fully saturated rings. The van der Waals surface area contributed by atoms with Gasteiger partial charge < -0.3 is 15.2 Å². The van der Waals surface area contributed by atoms with Gasteiger partial charge in [-0.3, -0.25) is 0 Å². The van der Waals surface area contributed by atoms with E-state index >= 15 is 0 Å². The number of anilines is 1. The highest BCUT2D eigenvalue weighted by atomic mass is 79.9. The molecule has 116 valence electrons. The zero-order valence-corrected chi connectivity index (χ0v) is 13.7. The summed E-state index contributed by atoms with van der Waals surface area (Å²) in [5.74, 6) is -0.395. The van der Waals surface area contributed by atoms with Crippen LogP contribution in [0, 0.1) is 5.82 Å². The van der Waals surface area contributed by atoms with Crippen LogP contribution >= 0.6 is 15.9 Å². The van der Waals surface area contributed by atoms with Crippen molar-refractivity contribution in [1.29, 1.82) is 0 Å². The fourth-order valence-corrected chi connectivity index (χ4v) is 2.39. The van der Waals surface area contributed by atoms with Crippen molar-refractivity contribution in [3.8, 4) is 5.75 Å². The zero-order valence-electron chi connectivity index (χ0n) is 12.1. The predicted octanol–water partition coefficient (Wildman–Crippen LogP) is 4.10. The van der Waals surface area contributed by atoms with E-state index in [1.165, 1.54) is 25.3 Å². The summed E-state index contributed by atoms with van der Waals surface area (Å²) in [5.41, 5.74) is 7.13. The molecule has 0 spiro atoms. The molecule has 0 saturated heterocycles. The van der Waals surface area contributed by atoms with Gasteiger partial charge in [0.05, 0.1) is 17.1 Å². The van der Waals surface area contributed by atoms with Crippen molar-refractivity contribution in [2.45, 2.75) is 13.0 Å². The summed E-state index contributed by atoms with van der Waals surface area (Å²) in [7, 11) is 1.28. The maximum atomic E-state index is 13.0. The number of hydrogen-bond acceptors (Lipinski definition) is 4. The quantitative estimate of drug-likeness (QED) is 0.652. The van der Waals surface area contributed by atoms with Gasteiger partial charge in [0.25, 0.3) is 0 Å². The summed E-state index contributed by atoms with van der Waals surface area (Å²) in [4.78, 5) is 11.7. The van der Waals surface area contributed by atoms with Gasteiger partial charge in [-0.2, -0.15) is 0 Å². The number of nitrogen functional groups attached to an aromatic ring is 1. The van der Waals surface area contributed by atoms with E-state index in [-0.39, 0.29) is 17.5 Å². The first-order valence-electron chi connectivity index (χ1n) is 6.52. The van der Waals surface area contributed by atoms with Gasteiger partial charge in [-0.05, 0) is 52.7 Å². The van der Waals surface area contributed by atoms with Crippen LogP contribution in [-0.2, 0) is 4.74 Å². The Labute approximate surface area is 136 Å². The summed E-state index contributed by atoms with van der Waals surface area (Å²) in [6.07, 6.45) is -0.328. The van der Waals surface area contributed by atoms with Crippen LogP contribution in [0.2, 0.25) is 0 Å². The molecule has 22 heavy (non-hydrogen) atoms. The number of carbonyl (C=O) groups is 1. The van der Waals surface area contributed by atoms with Crippen molar-refractivity contribution in [1.82, 2.24) is 0 Å². The van der Waals surface area contributed by atoms with Gasteiger partial charge >= 0.3 is 5.97 Å². The lowest BCUT2D eigenvalue weighted by molar-refractivity contribution is 0.0601. The smallest absolute Gasteiger partial charge is 0.340 e. The molecular weight excluding hydrogens is 353 g/mol. The average molecular weight is 368 g/mol. The molecule has 1 atom stereocenters. The summed E-state index contributed by atoms with van der Waals surface area (Å²) >= 11 is 3.35. The summed E-state index contributed by atoms with van der Waals surface area (Å²) < 4.78 is 24.1. The van der Waals surface area contributed by atoms with Gasteiger partial charge in [0.1, 0.15) is 17.7 Å². The number of methoxy groups -OCH3 is 1. The monoisotopic (exact) mass is 367 g/mol. The van der Waals surface area contributed by atoms with Crippen molar-refractivity contribution in [2.75, 3.05) is 12.8 Å². The molecular formula is C16H15BrFNO3. The van der Waals surface area contributed by atoms with Crippen molar-refractivity contribution in [3.05, 3.63) is 57.8 Å². The SMILES string of the molecule is COC(=O)c1cc(O[C@@H](C)c2ccc(F)cc2)c(Br)cc1N. The Bertz CT molecular complexity index is 689. The van der Waals surface area contributed by atoms with Gasteiger partial charge in [0, 0.05) is 5.69 Å². The van der Waals surface area contributed by atoms with Gasteiger partial charge in [0.2, 0.25) is 0 Å². The minimum Gasteiger partial charge on any atom is -0.485 e. The predicted molar refractivity (Wildman–Crippen MR) is 85.3 cm³/mol. The normalized spacial score (nSPS) is 11.8. The highest BCUT2D eigenvalue weighted by Gasteiger charge is 2.16. The van der Waals surface area contributed by atoms with Crippen LogP contribution in [0.25, 0.3) is 0 Å². The largest absolute Gasteiger partial charge is 0.485 e. The Kier molecular flexibility index (Phi) is 5.03. The minimum atomic E-state index is -0.538. The van der Waals surface area contributed by atoms with Gasteiger partial charge in [-0.1, -0.05) is 12.1 Å². The number of carbonyl (C=O) groups excluding carboxylic acids is 1. The molecule has 2 aromatic carbocycles. The molecule has 0 amide bonds. The number of rotatable bonds is 4. The molecule has 4 nitrogen and oxygen atoms in total. The molecule has 2 aromatic rings. The standard InChI is InChI=1S/C16H15BrFNO3/c1-9(10-3-5-11(18)6-4-10)22-15-7-12(16(20)21-2)14(19)8-13(15)17/h3-9H,19H2,1-2H3/t9-/m0/s1. The van der Waals surface area contributed by atoms with E-state index in [1.807, 2.05) is 6.92 Å². The molecule has 0 heterocycles. The second-order valence-electron chi connectivity index (χ2n) is 4.67. The maximum Gasteiger partial charge on any atom is 0.340 e. The van der Waals surface area contributed by atoms with Crippen LogP contribution in [0.3, 0.4) is 0 Å². The lowest BCUT2D eigenvalue weighted by atomic mass is 10.1. The number of benzene rings is 2. The van der Waals surface area contributed by atoms with E-state index < -0.39 is 5.97 Å². The van der Waals surface area contributed by atoms with E-state index in [9.17, 15) is 9.18 Å². The maximum absolute atomic E-state index is 13.0. The van der Waals surface area contributed by atoms with Crippen molar-refractivity contribution in [3.63, 3.8) is 0 Å². The number of hydrogen-bond donors (Lipinski definition) is 1. The van der Waals surface area contributed by atoms with E-state index in [0.717, 1.165) is 5.56 Å². The lowest BCUT2D eigenvalue weighted by Gasteiger charge is -2.17. The lowest BCUT2D eigenvalue weighted by Crippen LogP contribution is -2.08. The fraction of sp³-hybridized carbons (Fsp3) is 0.188. The van der Waals surface area contributed by atoms with Crippen LogP contribution in [0.5, 0.6) is 5.75 Å². The summed E-state index contributed by atoms with van der Waals surface area (Å²) in [6, 6.07) is 9.13. The molecule has 6 heteroatoms. The highest BCUT2D eigenvalue weighted by Crippen LogP contribution is 2.33. The van der Waals surface area contributed by atoms with Gasteiger partial charge in [0.15, 0.2) is 0 Å². The molecule has 0 aromatic heterocycles. The number of halogens is 2. The van der Waals surface area contributed by atoms with Crippen LogP contribution in [0.1, 0.15) is 28.9 Å². The van der Waals surface area contributed by atoms with Crippen molar-refractivity contribution in [2.24, 2.45) is 0 Å². The minimum absolute atomic E-state index is 0.229. The number of ether oxygens (including phenoxy) is 2. The number of nitrogens with two attached hydrogens (primary N) is 1. The Hall–Kier alpha value is -2.08. The molecule has 0 aliphatic rings. The highest BCUT2D eigenvalue weighted by molar-refractivity contribution is 9.10.